The van der Waals surface area contributed by atoms with Gasteiger partial charge in [0.25, 0.3) is 0 Å². The summed E-state index contributed by atoms with van der Waals surface area (Å²) in [7, 11) is 1.81. The second kappa shape index (κ2) is 8.02. The molecule has 4 nitrogen and oxygen atoms in total. The minimum atomic E-state index is -1.03. The van der Waals surface area contributed by atoms with Crippen molar-refractivity contribution in [3.05, 3.63) is 95.1 Å². The Labute approximate surface area is 205 Å². The number of likely N-dealkylation sites (N-methyl/N-ethyl adjacent to an activating group) is 1. The fraction of sp³-hybridized carbons (Fsp3) is 0.310. The predicted molar refractivity (Wildman–Crippen MR) is 138 cm³/mol. The number of carbonyl (C=O) groups is 2. The number of amides is 2. The lowest BCUT2D eigenvalue weighted by atomic mass is 9.72. The molecule has 3 atom stereocenters. The number of hydrogen-bond donors (Lipinski definition) is 1. The number of fused-ring (bicyclic) bond motifs is 2. The lowest BCUT2D eigenvalue weighted by molar-refractivity contribution is -0.125. The smallest absolute Gasteiger partial charge is 0.241 e. The molecule has 0 radical (unpaired) electrons. The molecule has 2 heterocycles. The first-order chi connectivity index (χ1) is 16.1. The summed E-state index contributed by atoms with van der Waals surface area (Å²) in [5, 5.41) is 2.65. The van der Waals surface area contributed by atoms with Gasteiger partial charge in [-0.2, -0.15) is 0 Å². The maximum Gasteiger partial charge on any atom is 0.241 e. The highest BCUT2D eigenvalue weighted by Crippen LogP contribution is 2.57. The molecule has 1 fully saturated rings. The number of carbonyl (C=O) groups excluding carboxylic acids is 2. The molecule has 1 N–H and O–H groups in total. The van der Waals surface area contributed by atoms with E-state index >= 15 is 0 Å². The molecule has 2 aliphatic rings. The topological polar surface area (TPSA) is 49.4 Å². The summed E-state index contributed by atoms with van der Waals surface area (Å²) in [5.41, 5.74) is 4.11. The summed E-state index contributed by atoms with van der Waals surface area (Å²) in [6.45, 7) is 8.59. The highest BCUT2D eigenvalue weighted by molar-refractivity contribution is 8.00. The molecule has 0 aromatic heterocycles. The normalized spacial score (nSPS) is 24.0. The lowest BCUT2D eigenvalue weighted by Crippen LogP contribution is -2.48. The average molecular weight is 471 g/mol. The number of thioether (sulfide) groups is 1. The van der Waals surface area contributed by atoms with Crippen LogP contribution in [0.15, 0.2) is 77.7 Å². The maximum absolute atomic E-state index is 14.1. The lowest BCUT2D eigenvalue weighted by Gasteiger charge is -2.33. The van der Waals surface area contributed by atoms with Crippen molar-refractivity contribution in [2.24, 2.45) is 0 Å². The van der Waals surface area contributed by atoms with Gasteiger partial charge in [0.2, 0.25) is 11.8 Å². The van der Waals surface area contributed by atoms with Crippen molar-refractivity contribution >= 4 is 29.3 Å². The van der Waals surface area contributed by atoms with Crippen LogP contribution in [0.1, 0.15) is 49.1 Å². The number of hydrogen-bond acceptors (Lipinski definition) is 3. The summed E-state index contributed by atoms with van der Waals surface area (Å²) in [6.07, 6.45) is 0. The molecule has 0 bridgehead atoms. The predicted octanol–water partition coefficient (Wildman–Crippen LogP) is 5.54. The molecule has 2 amide bonds. The fourth-order valence-corrected chi connectivity index (χ4v) is 6.55. The van der Waals surface area contributed by atoms with Crippen LogP contribution in [0.2, 0.25) is 0 Å². The third-order valence-corrected chi connectivity index (χ3v) is 8.51. The maximum atomic E-state index is 14.1. The Morgan fingerprint density at radius 1 is 0.912 bits per heavy atom. The number of benzene rings is 3. The Morgan fingerprint density at radius 2 is 1.56 bits per heavy atom. The molecule has 3 aromatic carbocycles. The minimum Gasteiger partial charge on any atom is -0.347 e. The SMILES string of the molecule is Cc1ccc(SC2C(=O)NC(c3ccc(C(C)(C)C)cc3)C23C(=O)N(C)c2ccccc23)cc1. The van der Waals surface area contributed by atoms with E-state index in [4.69, 9.17) is 0 Å². The largest absolute Gasteiger partial charge is 0.347 e. The molecule has 3 aromatic rings. The first kappa shape index (κ1) is 22.7. The number of nitrogens with zero attached hydrogens (tertiary/aromatic N) is 1. The first-order valence-corrected chi connectivity index (χ1v) is 12.5. The van der Waals surface area contributed by atoms with Crippen molar-refractivity contribution in [1.82, 2.24) is 5.32 Å². The van der Waals surface area contributed by atoms with Gasteiger partial charge in [0.05, 0.1) is 6.04 Å². The number of aryl methyl sites for hydroxylation is 1. The van der Waals surface area contributed by atoms with Gasteiger partial charge in [0, 0.05) is 17.6 Å². The molecular formula is C29H30N2O2S. The third-order valence-electron chi connectivity index (χ3n) is 7.15. The van der Waals surface area contributed by atoms with E-state index in [1.165, 1.54) is 17.3 Å². The van der Waals surface area contributed by atoms with Crippen molar-refractivity contribution < 1.29 is 9.59 Å². The van der Waals surface area contributed by atoms with E-state index in [2.05, 4.69) is 50.4 Å². The van der Waals surface area contributed by atoms with E-state index in [-0.39, 0.29) is 17.2 Å². The molecule has 1 spiro atoms. The third kappa shape index (κ3) is 3.37. The quantitative estimate of drug-likeness (QED) is 0.547. The van der Waals surface area contributed by atoms with Gasteiger partial charge in [0.1, 0.15) is 10.7 Å². The van der Waals surface area contributed by atoms with Crippen molar-refractivity contribution in [3.63, 3.8) is 0 Å². The van der Waals surface area contributed by atoms with E-state index in [1.807, 2.05) is 62.5 Å². The molecule has 0 aliphatic carbocycles. The van der Waals surface area contributed by atoms with Gasteiger partial charge in [-0.25, -0.2) is 0 Å². The van der Waals surface area contributed by atoms with Gasteiger partial charge in [0.15, 0.2) is 0 Å². The van der Waals surface area contributed by atoms with Crippen molar-refractivity contribution in [2.75, 3.05) is 11.9 Å². The number of rotatable bonds is 3. The van der Waals surface area contributed by atoms with Crippen LogP contribution in [0.5, 0.6) is 0 Å². The summed E-state index contributed by atoms with van der Waals surface area (Å²) in [5.74, 6) is -0.143. The van der Waals surface area contributed by atoms with Gasteiger partial charge in [-0.1, -0.05) is 80.9 Å². The summed E-state index contributed by atoms with van der Waals surface area (Å²) >= 11 is 1.48. The van der Waals surface area contributed by atoms with Crippen LogP contribution in [0.25, 0.3) is 0 Å². The highest BCUT2D eigenvalue weighted by atomic mass is 32.2. The van der Waals surface area contributed by atoms with Crippen molar-refractivity contribution in [3.8, 4) is 0 Å². The zero-order valence-electron chi connectivity index (χ0n) is 20.3. The molecular weight excluding hydrogens is 440 g/mol. The zero-order chi connectivity index (χ0) is 24.3. The Balaban J connectivity index is 1.67. The Morgan fingerprint density at radius 3 is 2.21 bits per heavy atom. The van der Waals surface area contributed by atoms with Gasteiger partial charge < -0.3 is 10.2 Å². The van der Waals surface area contributed by atoms with E-state index in [0.29, 0.717) is 0 Å². The average Bonchev–Trinajstić information content (AvgIpc) is 3.23. The van der Waals surface area contributed by atoms with E-state index in [0.717, 1.165) is 27.3 Å². The Kier molecular flexibility index (Phi) is 5.36. The van der Waals surface area contributed by atoms with Crippen LogP contribution >= 0.6 is 11.8 Å². The van der Waals surface area contributed by atoms with E-state index in [9.17, 15) is 9.59 Å². The minimum absolute atomic E-state index is 0.0228. The first-order valence-electron chi connectivity index (χ1n) is 11.7. The molecule has 3 unspecified atom stereocenters. The van der Waals surface area contributed by atoms with Gasteiger partial charge in [-0.15, -0.1) is 11.8 Å². The molecule has 5 rings (SSSR count). The van der Waals surface area contributed by atoms with Crippen LogP contribution in [0.4, 0.5) is 5.69 Å². The second-order valence-corrected chi connectivity index (χ2v) is 11.6. The second-order valence-electron chi connectivity index (χ2n) is 10.4. The Bertz CT molecular complexity index is 1260. The van der Waals surface area contributed by atoms with Crippen LogP contribution in [-0.4, -0.2) is 24.1 Å². The summed E-state index contributed by atoms with van der Waals surface area (Å²) < 4.78 is 0. The van der Waals surface area contributed by atoms with E-state index in [1.54, 1.807) is 4.90 Å². The standard InChI is InChI=1S/C29H30N2O2S/c1-18-10-16-21(17-11-18)34-25-26(32)30-24(19-12-14-20(15-13-19)28(2,3)4)29(25)22-8-6-7-9-23(22)31(5)27(29)33/h6-17,24-25H,1-5H3,(H,30,32). The van der Waals surface area contributed by atoms with Crippen molar-refractivity contribution in [1.29, 1.82) is 0 Å². The van der Waals surface area contributed by atoms with Gasteiger partial charge in [-0.05, 0) is 47.2 Å². The molecule has 1 saturated heterocycles. The molecule has 174 valence electrons. The monoisotopic (exact) mass is 470 g/mol. The molecule has 34 heavy (non-hydrogen) atoms. The highest BCUT2D eigenvalue weighted by Gasteiger charge is 2.66. The number of anilines is 1. The van der Waals surface area contributed by atoms with Crippen LogP contribution in [-0.2, 0) is 20.4 Å². The van der Waals surface area contributed by atoms with Crippen LogP contribution in [0.3, 0.4) is 0 Å². The number of para-hydroxylation sites is 1. The number of nitrogens with one attached hydrogen (secondary N) is 1. The molecule has 2 aliphatic heterocycles. The zero-order valence-corrected chi connectivity index (χ0v) is 21.1. The molecule has 5 heteroatoms. The Hall–Kier alpha value is -3.05. The fourth-order valence-electron chi connectivity index (χ4n) is 5.26. The summed E-state index contributed by atoms with van der Waals surface area (Å²) in [4.78, 5) is 30.4. The van der Waals surface area contributed by atoms with Gasteiger partial charge >= 0.3 is 0 Å². The van der Waals surface area contributed by atoms with Gasteiger partial charge in [-0.3, -0.25) is 9.59 Å². The summed E-state index contributed by atoms with van der Waals surface area (Å²) in [6, 6.07) is 24.0. The van der Waals surface area contributed by atoms with Crippen molar-refractivity contribution in [2.45, 2.75) is 54.7 Å². The van der Waals surface area contributed by atoms with Crippen LogP contribution < -0.4 is 10.2 Å². The molecule has 0 saturated carbocycles. The van der Waals surface area contributed by atoms with E-state index < -0.39 is 16.7 Å². The van der Waals surface area contributed by atoms with Crippen LogP contribution in [0, 0.1) is 6.92 Å².